The number of imidazole rings is 1. The van der Waals surface area contributed by atoms with Crippen LogP contribution in [0.25, 0.3) is 11.2 Å². The average Bonchev–Trinajstić information content (AvgIpc) is 3.31. The number of fused-ring (bicyclic) bond motifs is 3. The zero-order chi connectivity index (χ0) is 26.4. The third kappa shape index (κ3) is 4.15. The first-order chi connectivity index (χ1) is 18.4. The summed E-state index contributed by atoms with van der Waals surface area (Å²) in [6.45, 7) is 3.47. The zero-order valence-electron chi connectivity index (χ0n) is 21.0. The van der Waals surface area contributed by atoms with Crippen molar-refractivity contribution in [3.05, 3.63) is 111 Å². The molecule has 0 amide bonds. The Morgan fingerprint density at radius 2 is 1.61 bits per heavy atom. The van der Waals surface area contributed by atoms with Crippen LogP contribution in [0.5, 0.6) is 11.5 Å². The third-order valence-electron chi connectivity index (χ3n) is 6.82. The normalized spacial score (nSPS) is 15.0. The Hall–Kier alpha value is -4.66. The fourth-order valence-corrected chi connectivity index (χ4v) is 4.95. The summed E-state index contributed by atoms with van der Waals surface area (Å²) < 4.78 is 23.8. The minimum absolute atomic E-state index is 0.0460. The second kappa shape index (κ2) is 9.33. The molecule has 9 heteroatoms. The molecule has 0 fully saturated rings. The molecule has 192 valence electrons. The van der Waals surface area contributed by atoms with Gasteiger partial charge in [-0.1, -0.05) is 37.3 Å². The monoisotopic (exact) mass is 511 g/mol. The molecule has 8 nitrogen and oxygen atoms in total. The maximum atomic E-state index is 13.7. The minimum atomic E-state index is -0.468. The van der Waals surface area contributed by atoms with Gasteiger partial charge in [0.15, 0.2) is 11.2 Å². The summed E-state index contributed by atoms with van der Waals surface area (Å²) in [6, 6.07) is 23.1. The van der Waals surface area contributed by atoms with Crippen molar-refractivity contribution in [3.8, 4) is 11.5 Å². The Labute approximate surface area is 217 Å². The molecule has 2 aromatic heterocycles. The van der Waals surface area contributed by atoms with E-state index in [4.69, 9.17) is 9.72 Å². The summed E-state index contributed by atoms with van der Waals surface area (Å²) in [5, 5.41) is 0. The number of para-hydroxylation sites is 1. The maximum Gasteiger partial charge on any atom is 0.332 e. The summed E-state index contributed by atoms with van der Waals surface area (Å²) in [5.41, 5.74) is 1.41. The molecule has 5 aromatic rings. The van der Waals surface area contributed by atoms with E-state index >= 15 is 0 Å². The Balaban J connectivity index is 1.41. The van der Waals surface area contributed by atoms with Gasteiger partial charge in [0, 0.05) is 25.8 Å². The van der Waals surface area contributed by atoms with Crippen molar-refractivity contribution in [2.45, 2.75) is 20.0 Å². The number of halogens is 1. The van der Waals surface area contributed by atoms with Crippen LogP contribution in [0.1, 0.15) is 12.5 Å². The smallest absolute Gasteiger partial charge is 0.332 e. The van der Waals surface area contributed by atoms with E-state index in [2.05, 4.69) is 11.8 Å². The predicted octanol–water partition coefficient (Wildman–Crippen LogP) is 4.66. The van der Waals surface area contributed by atoms with Gasteiger partial charge >= 0.3 is 5.69 Å². The van der Waals surface area contributed by atoms with Crippen molar-refractivity contribution in [2.75, 3.05) is 11.4 Å². The molecule has 1 atom stereocenters. The molecule has 0 N–H and O–H groups in total. The fourth-order valence-electron chi connectivity index (χ4n) is 4.95. The Kier molecular flexibility index (Phi) is 5.83. The number of benzene rings is 3. The van der Waals surface area contributed by atoms with E-state index < -0.39 is 11.2 Å². The van der Waals surface area contributed by atoms with Gasteiger partial charge in [0.05, 0.1) is 6.54 Å². The molecule has 0 saturated heterocycles. The summed E-state index contributed by atoms with van der Waals surface area (Å²) in [6.07, 6.45) is 0. The highest BCUT2D eigenvalue weighted by Gasteiger charge is 2.30. The van der Waals surface area contributed by atoms with E-state index in [9.17, 15) is 14.0 Å². The van der Waals surface area contributed by atoms with Crippen LogP contribution in [0.4, 0.5) is 16.0 Å². The molecule has 3 heterocycles. The quantitative estimate of drug-likeness (QED) is 0.343. The van der Waals surface area contributed by atoms with Crippen LogP contribution in [0.3, 0.4) is 0 Å². The first-order valence-corrected chi connectivity index (χ1v) is 12.4. The molecule has 3 aromatic carbocycles. The summed E-state index contributed by atoms with van der Waals surface area (Å²) >= 11 is 0. The van der Waals surface area contributed by atoms with Crippen LogP contribution in [-0.4, -0.2) is 25.2 Å². The van der Waals surface area contributed by atoms with Gasteiger partial charge in [-0.3, -0.25) is 13.9 Å². The maximum absolute atomic E-state index is 13.7. The summed E-state index contributed by atoms with van der Waals surface area (Å²) in [4.78, 5) is 33.7. The van der Waals surface area contributed by atoms with Crippen LogP contribution in [0.2, 0.25) is 0 Å². The minimum Gasteiger partial charge on any atom is -0.457 e. The van der Waals surface area contributed by atoms with Gasteiger partial charge in [-0.05, 0) is 60.0 Å². The zero-order valence-corrected chi connectivity index (χ0v) is 21.0. The highest BCUT2D eigenvalue weighted by atomic mass is 19.1. The van der Waals surface area contributed by atoms with Crippen LogP contribution >= 0.6 is 0 Å². The third-order valence-corrected chi connectivity index (χ3v) is 6.82. The number of aryl methyl sites for hydroxylation is 1. The topological polar surface area (TPSA) is 74.3 Å². The van der Waals surface area contributed by atoms with Gasteiger partial charge in [-0.2, -0.15) is 4.98 Å². The predicted molar refractivity (Wildman–Crippen MR) is 144 cm³/mol. The number of hydrogen-bond acceptors (Lipinski definition) is 5. The lowest BCUT2D eigenvalue weighted by Gasteiger charge is -2.33. The Morgan fingerprint density at radius 3 is 2.32 bits per heavy atom. The number of aromatic nitrogens is 4. The van der Waals surface area contributed by atoms with Gasteiger partial charge in [0.2, 0.25) is 5.95 Å². The van der Waals surface area contributed by atoms with E-state index in [1.165, 1.54) is 21.3 Å². The van der Waals surface area contributed by atoms with Gasteiger partial charge in [-0.25, -0.2) is 9.18 Å². The van der Waals surface area contributed by atoms with Crippen molar-refractivity contribution < 1.29 is 9.13 Å². The van der Waals surface area contributed by atoms with Gasteiger partial charge in [0.1, 0.15) is 17.3 Å². The second-order valence-electron chi connectivity index (χ2n) is 9.68. The van der Waals surface area contributed by atoms with Crippen LogP contribution in [0.15, 0.2) is 88.5 Å². The number of rotatable bonds is 5. The average molecular weight is 512 g/mol. The molecule has 0 bridgehead atoms. The second-order valence-corrected chi connectivity index (χ2v) is 9.68. The Bertz CT molecular complexity index is 1740. The SMILES string of the molecule is C[C@@H]1CN(c2ccc(Oc3ccccc3)cc2)c2nc3c(c(=O)n(Cc4ccc(F)cc4)c(=O)n3C)n2C1. The molecule has 0 unspecified atom stereocenters. The molecular weight excluding hydrogens is 485 g/mol. The summed E-state index contributed by atoms with van der Waals surface area (Å²) in [7, 11) is 1.62. The number of nitrogens with zero attached hydrogens (tertiary/aromatic N) is 5. The molecular formula is C29H26FN5O3. The van der Waals surface area contributed by atoms with Crippen molar-refractivity contribution in [3.63, 3.8) is 0 Å². The van der Waals surface area contributed by atoms with E-state index in [1.807, 2.05) is 59.2 Å². The van der Waals surface area contributed by atoms with Gasteiger partial charge in [-0.15, -0.1) is 0 Å². The molecule has 38 heavy (non-hydrogen) atoms. The number of hydrogen-bond donors (Lipinski definition) is 0. The lowest BCUT2D eigenvalue weighted by Crippen LogP contribution is -2.40. The Morgan fingerprint density at radius 1 is 0.921 bits per heavy atom. The first kappa shape index (κ1) is 23.7. The van der Waals surface area contributed by atoms with E-state index in [1.54, 1.807) is 19.2 Å². The first-order valence-electron chi connectivity index (χ1n) is 12.4. The molecule has 0 spiro atoms. The van der Waals surface area contributed by atoms with Crippen LogP contribution in [-0.2, 0) is 20.1 Å². The lowest BCUT2D eigenvalue weighted by atomic mass is 10.1. The highest BCUT2D eigenvalue weighted by molar-refractivity contribution is 5.77. The largest absolute Gasteiger partial charge is 0.457 e. The van der Waals surface area contributed by atoms with Crippen molar-refractivity contribution in [1.29, 1.82) is 0 Å². The standard InChI is InChI=1S/C29H26FN5O3/c1-19-16-33(22-12-14-24(15-13-22)38-23-6-4-3-5-7-23)28-31-26-25(34(28)17-19)27(36)35(29(37)32(26)2)18-20-8-10-21(30)11-9-20/h3-15,19H,16-18H2,1-2H3/t19-/m1/s1. The van der Waals surface area contributed by atoms with E-state index in [0.29, 0.717) is 41.5 Å². The van der Waals surface area contributed by atoms with E-state index in [-0.39, 0.29) is 18.3 Å². The highest BCUT2D eigenvalue weighted by Crippen LogP contribution is 2.34. The number of ether oxygens (including phenoxy) is 1. The van der Waals surface area contributed by atoms with Gasteiger partial charge < -0.3 is 14.2 Å². The van der Waals surface area contributed by atoms with Crippen LogP contribution in [0, 0.1) is 11.7 Å². The fraction of sp³-hybridized carbons (Fsp3) is 0.207. The summed E-state index contributed by atoms with van der Waals surface area (Å²) in [5.74, 6) is 1.93. The van der Waals surface area contributed by atoms with Crippen molar-refractivity contribution in [1.82, 2.24) is 18.7 Å². The molecule has 0 saturated carbocycles. The molecule has 1 aliphatic rings. The van der Waals surface area contributed by atoms with Crippen molar-refractivity contribution >= 4 is 22.8 Å². The van der Waals surface area contributed by atoms with Gasteiger partial charge in [0.25, 0.3) is 5.56 Å². The van der Waals surface area contributed by atoms with Crippen molar-refractivity contribution in [2.24, 2.45) is 13.0 Å². The van der Waals surface area contributed by atoms with Crippen LogP contribution < -0.4 is 20.9 Å². The molecule has 0 aliphatic carbocycles. The number of anilines is 2. The molecule has 0 radical (unpaired) electrons. The lowest BCUT2D eigenvalue weighted by molar-refractivity contribution is 0.457. The molecule has 1 aliphatic heterocycles. The van der Waals surface area contributed by atoms with E-state index in [0.717, 1.165) is 11.4 Å². The molecule has 6 rings (SSSR count).